The summed E-state index contributed by atoms with van der Waals surface area (Å²) in [5.74, 6) is -1.74. The molecule has 0 radical (unpaired) electrons. The first-order valence-electron chi connectivity index (χ1n) is 20.1. The summed E-state index contributed by atoms with van der Waals surface area (Å²) in [6.45, 7) is 3.72. The van der Waals surface area contributed by atoms with Gasteiger partial charge in [-0.3, -0.25) is 9.59 Å². The van der Waals surface area contributed by atoms with Gasteiger partial charge in [0.25, 0.3) is 0 Å². The number of carboxylic acids is 1. The van der Waals surface area contributed by atoms with Crippen LogP contribution in [0.1, 0.15) is 62.1 Å². The first-order chi connectivity index (χ1) is 28.1. The molecule has 3 fully saturated rings. The minimum atomic E-state index is -1.52. The summed E-state index contributed by atoms with van der Waals surface area (Å²) in [7, 11) is 1.58. The standard InChI is InChI=1S/C45H49N5O8/c1-3-29-24-45(29,43(54)55)49-41(52)36-22-31(58-38-23-34(26-12-6-4-7-13-26)46-35-21-30(57-2)18-19-33(35)38)25-50(36)44(56)48-39(27-14-8-5-9-15-27)42(53)47-40-32-17-11-10-16-28(32)20-37(40)51/h3-4,6-7,10-13,16-19,21,23,27,29,31,36-37,39-40,51H,1,5,8-9,14-15,20,22,24-25H2,2H3,(H,47,53)(H,48,56)(H,49,52)(H,54,55)/t29-,31-,36+,37-,39+,40+,45-/m1/s1. The Labute approximate surface area is 336 Å². The van der Waals surface area contributed by atoms with Gasteiger partial charge >= 0.3 is 12.0 Å². The first-order valence-corrected chi connectivity index (χ1v) is 20.1. The summed E-state index contributed by atoms with van der Waals surface area (Å²) in [4.78, 5) is 61.7. The molecule has 13 nitrogen and oxygen atoms in total. The molecule has 302 valence electrons. The average molecular weight is 788 g/mol. The molecule has 2 heterocycles. The van der Waals surface area contributed by atoms with Crippen molar-refractivity contribution in [2.75, 3.05) is 13.7 Å². The van der Waals surface area contributed by atoms with Crippen molar-refractivity contribution in [3.8, 4) is 22.8 Å². The summed E-state index contributed by atoms with van der Waals surface area (Å²) >= 11 is 0. The van der Waals surface area contributed by atoms with Crippen LogP contribution in [0.4, 0.5) is 4.79 Å². The molecule has 1 aliphatic heterocycles. The molecule has 13 heteroatoms. The van der Waals surface area contributed by atoms with E-state index in [1.165, 1.54) is 11.0 Å². The van der Waals surface area contributed by atoms with Gasteiger partial charge in [0.15, 0.2) is 0 Å². The van der Waals surface area contributed by atoms with Crippen LogP contribution in [0.15, 0.2) is 91.5 Å². The number of ether oxygens (including phenoxy) is 2. The van der Waals surface area contributed by atoms with E-state index in [-0.39, 0.29) is 25.3 Å². The fraction of sp³-hybridized carbons (Fsp3) is 0.400. The van der Waals surface area contributed by atoms with E-state index in [1.54, 1.807) is 13.2 Å². The highest BCUT2D eigenvalue weighted by Crippen LogP contribution is 2.45. The Bertz CT molecular complexity index is 2230. The predicted octanol–water partition coefficient (Wildman–Crippen LogP) is 5.31. The number of benzene rings is 3. The Morgan fingerprint density at radius 2 is 1.76 bits per heavy atom. The maximum absolute atomic E-state index is 14.6. The molecule has 5 N–H and O–H groups in total. The highest BCUT2D eigenvalue weighted by atomic mass is 16.5. The topological polar surface area (TPSA) is 179 Å². The molecule has 1 saturated heterocycles. The SMILES string of the molecule is C=C[C@@H]1C[C@]1(NC(=O)[C@@H]1C[C@@H](Oc2cc(-c3ccccc3)nc3cc(OC)ccc23)CN1C(=O)N[C@H](C(=O)N[C@H]1c2ccccc2C[C@H]1O)C1CCCCC1)C(=O)O. The number of methoxy groups -OCH3 is 1. The number of aliphatic hydroxyl groups is 1. The maximum Gasteiger partial charge on any atom is 0.330 e. The van der Waals surface area contributed by atoms with Crippen LogP contribution in [0.5, 0.6) is 11.5 Å². The fourth-order valence-electron chi connectivity index (χ4n) is 9.08. The van der Waals surface area contributed by atoms with Gasteiger partial charge in [-0.25, -0.2) is 14.6 Å². The fourth-order valence-corrected chi connectivity index (χ4v) is 9.08. The van der Waals surface area contributed by atoms with Gasteiger partial charge in [-0.05, 0) is 48.4 Å². The second kappa shape index (κ2) is 16.1. The number of likely N-dealkylation sites (tertiary alicyclic amines) is 1. The zero-order valence-corrected chi connectivity index (χ0v) is 32.4. The third-order valence-corrected chi connectivity index (χ3v) is 12.4. The summed E-state index contributed by atoms with van der Waals surface area (Å²) in [6, 6.07) is 21.2. The number of hydrogen-bond donors (Lipinski definition) is 5. The van der Waals surface area contributed by atoms with E-state index in [1.807, 2.05) is 72.8 Å². The molecule has 0 unspecified atom stereocenters. The van der Waals surface area contributed by atoms with Gasteiger partial charge in [0.05, 0.1) is 37.0 Å². The highest BCUT2D eigenvalue weighted by Gasteiger charge is 2.61. The smallest absolute Gasteiger partial charge is 0.330 e. The Hall–Kier alpha value is -5.95. The molecule has 3 aliphatic carbocycles. The van der Waals surface area contributed by atoms with Crippen molar-refractivity contribution >= 4 is 34.7 Å². The third kappa shape index (κ3) is 7.58. The summed E-state index contributed by atoms with van der Waals surface area (Å²) in [5.41, 5.74) is 2.43. The van der Waals surface area contributed by atoms with Crippen LogP contribution in [0.2, 0.25) is 0 Å². The molecule has 2 saturated carbocycles. The molecule has 58 heavy (non-hydrogen) atoms. The van der Waals surface area contributed by atoms with E-state index in [0.29, 0.717) is 34.5 Å². The van der Waals surface area contributed by atoms with Gasteiger partial charge in [-0.1, -0.05) is 79.9 Å². The van der Waals surface area contributed by atoms with Crippen LogP contribution < -0.4 is 25.4 Å². The molecular formula is C45H49N5O8. The van der Waals surface area contributed by atoms with E-state index in [9.17, 15) is 29.4 Å². The van der Waals surface area contributed by atoms with Crippen molar-refractivity contribution in [2.45, 2.75) is 87.2 Å². The molecule has 3 aromatic carbocycles. The van der Waals surface area contributed by atoms with Crippen LogP contribution in [0.3, 0.4) is 0 Å². The summed E-state index contributed by atoms with van der Waals surface area (Å²) in [6.07, 6.45) is 4.95. The number of urea groups is 1. The predicted molar refractivity (Wildman–Crippen MR) is 216 cm³/mol. The number of nitrogens with one attached hydrogen (secondary N) is 3. The van der Waals surface area contributed by atoms with Gasteiger partial charge in [0, 0.05) is 41.8 Å². The number of nitrogens with zero attached hydrogens (tertiary/aromatic N) is 2. The van der Waals surface area contributed by atoms with Crippen LogP contribution in [-0.2, 0) is 20.8 Å². The normalized spacial score (nSPS) is 25.6. The number of hydrogen-bond acceptors (Lipinski definition) is 8. The lowest BCUT2D eigenvalue weighted by molar-refractivity contribution is -0.144. The molecule has 4 aromatic rings. The molecule has 0 bridgehead atoms. The minimum Gasteiger partial charge on any atom is -0.497 e. The second-order valence-corrected chi connectivity index (χ2v) is 16.0. The zero-order valence-electron chi connectivity index (χ0n) is 32.4. The Balaban J connectivity index is 1.09. The minimum absolute atomic E-state index is 0.0246. The van der Waals surface area contributed by atoms with Gasteiger partial charge in [0.1, 0.15) is 35.2 Å². The van der Waals surface area contributed by atoms with Crippen LogP contribution >= 0.6 is 0 Å². The molecule has 8 rings (SSSR count). The van der Waals surface area contributed by atoms with Crippen LogP contribution in [0, 0.1) is 11.8 Å². The largest absolute Gasteiger partial charge is 0.497 e. The number of amides is 4. The van der Waals surface area contributed by atoms with Gasteiger partial charge in [-0.2, -0.15) is 0 Å². The molecule has 0 spiro atoms. The Morgan fingerprint density at radius 3 is 2.48 bits per heavy atom. The quantitative estimate of drug-likeness (QED) is 0.119. The van der Waals surface area contributed by atoms with Crippen molar-refractivity contribution in [1.82, 2.24) is 25.8 Å². The number of pyridine rings is 1. The number of carbonyl (C=O) groups is 4. The maximum atomic E-state index is 14.6. The number of aromatic nitrogens is 1. The lowest BCUT2D eigenvalue weighted by atomic mass is 9.83. The first kappa shape index (κ1) is 38.9. The van der Waals surface area contributed by atoms with E-state index in [2.05, 4.69) is 22.5 Å². The van der Waals surface area contributed by atoms with Crippen LogP contribution in [0.25, 0.3) is 22.2 Å². The van der Waals surface area contributed by atoms with Gasteiger partial charge in [0.2, 0.25) is 11.8 Å². The summed E-state index contributed by atoms with van der Waals surface area (Å²) in [5, 5.41) is 30.6. The number of rotatable bonds is 12. The van der Waals surface area contributed by atoms with E-state index in [4.69, 9.17) is 14.5 Å². The number of aliphatic hydroxyl groups excluding tert-OH is 1. The molecule has 7 atom stereocenters. The molecular weight excluding hydrogens is 739 g/mol. The molecule has 4 aliphatic rings. The van der Waals surface area contributed by atoms with Crippen molar-refractivity contribution in [1.29, 1.82) is 0 Å². The number of carbonyl (C=O) groups excluding carboxylic acids is 3. The Morgan fingerprint density at radius 1 is 1.00 bits per heavy atom. The van der Waals surface area contributed by atoms with Crippen molar-refractivity contribution in [3.05, 3.63) is 103 Å². The van der Waals surface area contributed by atoms with Crippen molar-refractivity contribution in [2.24, 2.45) is 11.8 Å². The third-order valence-electron chi connectivity index (χ3n) is 12.4. The highest BCUT2D eigenvalue weighted by molar-refractivity contribution is 5.96. The lowest BCUT2D eigenvalue weighted by Gasteiger charge is -2.33. The average Bonchev–Trinajstić information content (AvgIpc) is 3.65. The summed E-state index contributed by atoms with van der Waals surface area (Å²) < 4.78 is 12.2. The van der Waals surface area contributed by atoms with Gasteiger partial charge in [-0.15, -0.1) is 6.58 Å². The van der Waals surface area contributed by atoms with Crippen molar-refractivity contribution < 1.29 is 38.9 Å². The second-order valence-electron chi connectivity index (χ2n) is 16.0. The van der Waals surface area contributed by atoms with E-state index >= 15 is 0 Å². The van der Waals surface area contributed by atoms with E-state index < -0.39 is 65.6 Å². The number of carboxylic acid groups (broad SMARTS) is 1. The number of aliphatic carboxylic acids is 1. The number of fused-ring (bicyclic) bond motifs is 2. The van der Waals surface area contributed by atoms with Crippen molar-refractivity contribution in [3.63, 3.8) is 0 Å². The monoisotopic (exact) mass is 787 g/mol. The molecule has 1 aromatic heterocycles. The Kier molecular flexibility index (Phi) is 10.8. The van der Waals surface area contributed by atoms with E-state index in [0.717, 1.165) is 48.8 Å². The lowest BCUT2D eigenvalue weighted by Crippen LogP contribution is -2.59. The zero-order chi connectivity index (χ0) is 40.6. The van der Waals surface area contributed by atoms with Crippen LogP contribution in [-0.4, -0.2) is 87.4 Å². The molecule has 4 amide bonds. The van der Waals surface area contributed by atoms with Gasteiger partial charge < -0.3 is 40.5 Å².